The molecule has 7 heteroatoms. The summed E-state index contributed by atoms with van der Waals surface area (Å²) in [6.45, 7) is 4.24. The number of aromatic nitrogens is 3. The molecule has 0 saturated carbocycles. The highest BCUT2D eigenvalue weighted by atomic mass is 19.1. The number of methoxy groups -OCH3 is 1. The maximum Gasteiger partial charge on any atom is 0.272 e. The fourth-order valence-corrected chi connectivity index (χ4v) is 3.70. The molecule has 1 saturated heterocycles. The lowest BCUT2D eigenvalue weighted by Gasteiger charge is -2.16. The Kier molecular flexibility index (Phi) is 4.70. The molecular formula is C20H23FN4O2. The summed E-state index contributed by atoms with van der Waals surface area (Å²) in [4.78, 5) is 19.0. The number of hydrogen-bond acceptors (Lipinski definition) is 4. The van der Waals surface area contributed by atoms with E-state index in [0.717, 1.165) is 37.3 Å². The molecule has 1 atom stereocenters. The SMILES string of the molecule is CCc1cc(=O)n2[nH]c([C@H]3CCN(Cc4ccc(OC)cc4F)C3)cc2n1. The number of halogens is 1. The van der Waals surface area contributed by atoms with Crippen LogP contribution in [0.3, 0.4) is 0 Å². The second kappa shape index (κ2) is 7.15. The van der Waals surface area contributed by atoms with E-state index in [1.807, 2.05) is 13.0 Å². The fraction of sp³-hybridized carbons (Fsp3) is 0.400. The van der Waals surface area contributed by atoms with Gasteiger partial charge in [0.2, 0.25) is 0 Å². The Bertz CT molecular complexity index is 1030. The van der Waals surface area contributed by atoms with Crippen LogP contribution in [0.1, 0.15) is 36.2 Å². The molecule has 0 unspecified atom stereocenters. The molecule has 1 fully saturated rings. The Labute approximate surface area is 156 Å². The zero-order valence-electron chi connectivity index (χ0n) is 15.5. The lowest BCUT2D eigenvalue weighted by atomic mass is 10.1. The molecule has 4 rings (SSSR count). The van der Waals surface area contributed by atoms with Crippen LogP contribution in [0.5, 0.6) is 5.75 Å². The third-order valence-electron chi connectivity index (χ3n) is 5.25. The van der Waals surface area contributed by atoms with E-state index < -0.39 is 0 Å². The number of hydrogen-bond donors (Lipinski definition) is 1. The molecule has 1 N–H and O–H groups in total. The standard InChI is InChI=1S/C20H23FN4O2/c1-3-15-8-20(26)25-19(22-15)10-18(23-25)14-6-7-24(12-14)11-13-4-5-16(27-2)9-17(13)21/h4-5,8-10,14,23H,3,6-7,11-12H2,1-2H3/t14-/m0/s1. The van der Waals surface area contributed by atoms with E-state index in [-0.39, 0.29) is 17.3 Å². The van der Waals surface area contributed by atoms with E-state index in [2.05, 4.69) is 15.0 Å². The first-order valence-electron chi connectivity index (χ1n) is 9.23. The van der Waals surface area contributed by atoms with Gasteiger partial charge < -0.3 is 4.74 Å². The summed E-state index contributed by atoms with van der Waals surface area (Å²) in [6, 6.07) is 8.51. The zero-order valence-corrected chi connectivity index (χ0v) is 15.5. The van der Waals surface area contributed by atoms with Crippen LogP contribution in [-0.2, 0) is 13.0 Å². The summed E-state index contributed by atoms with van der Waals surface area (Å²) >= 11 is 0. The van der Waals surface area contributed by atoms with Crippen molar-refractivity contribution in [3.05, 3.63) is 63.5 Å². The number of ether oxygens (including phenoxy) is 1. The van der Waals surface area contributed by atoms with E-state index in [1.54, 1.807) is 18.2 Å². The molecule has 27 heavy (non-hydrogen) atoms. The van der Waals surface area contributed by atoms with E-state index in [1.165, 1.54) is 17.7 Å². The van der Waals surface area contributed by atoms with Crippen LogP contribution in [-0.4, -0.2) is 39.7 Å². The average Bonchev–Trinajstić information content (AvgIpc) is 3.30. The van der Waals surface area contributed by atoms with Gasteiger partial charge in [-0.25, -0.2) is 13.9 Å². The molecule has 2 aromatic heterocycles. The van der Waals surface area contributed by atoms with Crippen LogP contribution >= 0.6 is 0 Å². The second-order valence-corrected chi connectivity index (χ2v) is 7.02. The minimum absolute atomic E-state index is 0.0849. The van der Waals surface area contributed by atoms with Crippen molar-refractivity contribution < 1.29 is 9.13 Å². The van der Waals surface area contributed by atoms with Gasteiger partial charge in [-0.15, -0.1) is 0 Å². The fourth-order valence-electron chi connectivity index (χ4n) is 3.70. The molecule has 0 radical (unpaired) electrons. The van der Waals surface area contributed by atoms with Crippen molar-refractivity contribution in [1.29, 1.82) is 0 Å². The van der Waals surface area contributed by atoms with Crippen molar-refractivity contribution in [3.63, 3.8) is 0 Å². The van der Waals surface area contributed by atoms with E-state index in [9.17, 15) is 9.18 Å². The molecule has 0 spiro atoms. The Balaban J connectivity index is 1.50. The topological polar surface area (TPSA) is 62.6 Å². The quantitative estimate of drug-likeness (QED) is 0.750. The van der Waals surface area contributed by atoms with Crippen LogP contribution in [0, 0.1) is 5.82 Å². The lowest BCUT2D eigenvalue weighted by Crippen LogP contribution is -2.20. The summed E-state index contributed by atoms with van der Waals surface area (Å²) in [5.74, 6) is 0.557. The number of nitrogens with one attached hydrogen (secondary N) is 1. The molecule has 1 aromatic carbocycles. The van der Waals surface area contributed by atoms with Gasteiger partial charge in [0.05, 0.1) is 7.11 Å². The smallest absolute Gasteiger partial charge is 0.272 e. The normalized spacial score (nSPS) is 17.7. The maximum absolute atomic E-state index is 14.2. The number of aromatic amines is 1. The Morgan fingerprint density at radius 3 is 2.93 bits per heavy atom. The predicted octanol–water partition coefficient (Wildman–Crippen LogP) is 2.72. The first kappa shape index (κ1) is 17.7. The summed E-state index contributed by atoms with van der Waals surface area (Å²) < 4.78 is 20.8. The van der Waals surface area contributed by atoms with Crippen molar-refractivity contribution in [1.82, 2.24) is 19.5 Å². The van der Waals surface area contributed by atoms with Crippen molar-refractivity contribution in [2.75, 3.05) is 20.2 Å². The second-order valence-electron chi connectivity index (χ2n) is 7.02. The van der Waals surface area contributed by atoms with E-state index in [4.69, 9.17) is 4.74 Å². The summed E-state index contributed by atoms with van der Waals surface area (Å²) in [5.41, 5.74) is 3.05. The largest absolute Gasteiger partial charge is 0.497 e. The van der Waals surface area contributed by atoms with Gasteiger partial charge in [-0.3, -0.25) is 14.8 Å². The molecule has 6 nitrogen and oxygen atoms in total. The van der Waals surface area contributed by atoms with Gasteiger partial charge in [0.25, 0.3) is 5.56 Å². The van der Waals surface area contributed by atoms with E-state index in [0.29, 0.717) is 23.5 Å². The Morgan fingerprint density at radius 1 is 1.33 bits per heavy atom. The molecule has 0 bridgehead atoms. The summed E-state index contributed by atoms with van der Waals surface area (Å²) in [5, 5.41) is 3.19. The van der Waals surface area contributed by atoms with Crippen LogP contribution in [0.4, 0.5) is 4.39 Å². The van der Waals surface area contributed by atoms with Crippen LogP contribution in [0.15, 0.2) is 35.1 Å². The molecule has 1 aliphatic heterocycles. The van der Waals surface area contributed by atoms with Crippen LogP contribution in [0.2, 0.25) is 0 Å². The van der Waals surface area contributed by atoms with Gasteiger partial charge in [0, 0.05) is 54.2 Å². The molecule has 1 aliphatic rings. The van der Waals surface area contributed by atoms with E-state index >= 15 is 0 Å². The van der Waals surface area contributed by atoms with Gasteiger partial charge in [0.15, 0.2) is 5.65 Å². The first-order chi connectivity index (χ1) is 13.1. The van der Waals surface area contributed by atoms with Crippen LogP contribution in [0.25, 0.3) is 5.65 Å². The van der Waals surface area contributed by atoms with Gasteiger partial charge in [-0.2, -0.15) is 0 Å². The minimum Gasteiger partial charge on any atom is -0.497 e. The van der Waals surface area contributed by atoms with Gasteiger partial charge in [-0.05, 0) is 25.5 Å². The number of aryl methyl sites for hydroxylation is 1. The summed E-state index contributed by atoms with van der Waals surface area (Å²) in [6.07, 6.45) is 1.69. The molecule has 142 valence electrons. The molecule has 3 heterocycles. The number of rotatable bonds is 5. The number of likely N-dealkylation sites (tertiary alicyclic amines) is 1. The third-order valence-corrected chi connectivity index (χ3v) is 5.25. The van der Waals surface area contributed by atoms with Gasteiger partial charge >= 0.3 is 0 Å². The maximum atomic E-state index is 14.2. The first-order valence-corrected chi connectivity index (χ1v) is 9.23. The van der Waals surface area contributed by atoms with Crippen molar-refractivity contribution in [3.8, 4) is 5.75 Å². The number of benzene rings is 1. The highest BCUT2D eigenvalue weighted by molar-refractivity contribution is 5.41. The molecular weight excluding hydrogens is 347 g/mol. The predicted molar refractivity (Wildman–Crippen MR) is 101 cm³/mol. The van der Waals surface area contributed by atoms with Gasteiger partial charge in [0.1, 0.15) is 11.6 Å². The number of H-pyrrole nitrogens is 1. The van der Waals surface area contributed by atoms with Crippen molar-refractivity contribution >= 4 is 5.65 Å². The summed E-state index contributed by atoms with van der Waals surface area (Å²) in [7, 11) is 1.53. The monoisotopic (exact) mass is 370 g/mol. The Hall–Kier alpha value is -2.67. The van der Waals surface area contributed by atoms with Crippen molar-refractivity contribution in [2.24, 2.45) is 0 Å². The average molecular weight is 370 g/mol. The van der Waals surface area contributed by atoms with Crippen LogP contribution < -0.4 is 10.3 Å². The van der Waals surface area contributed by atoms with Crippen molar-refractivity contribution in [2.45, 2.75) is 32.2 Å². The molecule has 0 amide bonds. The minimum atomic E-state index is -0.244. The van der Waals surface area contributed by atoms with Gasteiger partial charge in [-0.1, -0.05) is 13.0 Å². The number of nitrogens with zero attached hydrogens (tertiary/aromatic N) is 3. The highest BCUT2D eigenvalue weighted by Crippen LogP contribution is 2.28. The highest BCUT2D eigenvalue weighted by Gasteiger charge is 2.26. The molecule has 3 aromatic rings. The number of fused-ring (bicyclic) bond motifs is 1. The third kappa shape index (κ3) is 3.47. The lowest BCUT2D eigenvalue weighted by molar-refractivity contribution is 0.320. The zero-order chi connectivity index (χ0) is 19.0. The Morgan fingerprint density at radius 2 is 2.19 bits per heavy atom. The molecule has 0 aliphatic carbocycles.